The van der Waals surface area contributed by atoms with Crippen LogP contribution in [0.15, 0.2) is 11.6 Å². The summed E-state index contributed by atoms with van der Waals surface area (Å²) in [5, 5.41) is 10.1. The quantitative estimate of drug-likeness (QED) is 0.582. The Kier molecular flexibility index (Phi) is 7.34. The zero-order valence-electron chi connectivity index (χ0n) is 8.77. The minimum absolute atomic E-state index is 0.0318. The van der Waals surface area contributed by atoms with E-state index in [0.717, 1.165) is 0 Å². The zero-order chi connectivity index (χ0) is 12.1. The van der Waals surface area contributed by atoms with Gasteiger partial charge < -0.3 is 5.11 Å². The molecule has 0 radical (unpaired) electrons. The predicted molar refractivity (Wildman–Crippen MR) is 71.2 cm³/mol. The van der Waals surface area contributed by atoms with Crippen LogP contribution in [0.1, 0.15) is 20.3 Å². The Bertz CT molecular complexity index is 252. The van der Waals surface area contributed by atoms with Crippen molar-refractivity contribution in [3.8, 4) is 0 Å². The molecule has 0 aromatic heterocycles. The summed E-state index contributed by atoms with van der Waals surface area (Å²) >= 11 is 12.1. The molecule has 15 heavy (non-hydrogen) atoms. The van der Waals surface area contributed by atoms with E-state index in [-0.39, 0.29) is 5.78 Å². The van der Waals surface area contributed by atoms with Crippen LogP contribution in [0.2, 0.25) is 0 Å². The average Bonchev–Trinajstić information content (AvgIpc) is 2.23. The molecular formula is C10H15Br2ClO2. The maximum absolute atomic E-state index is 11.2. The lowest BCUT2D eigenvalue weighted by Gasteiger charge is -2.25. The second-order valence-corrected chi connectivity index (χ2v) is 6.25. The van der Waals surface area contributed by atoms with E-state index in [0.29, 0.717) is 23.2 Å². The maximum atomic E-state index is 11.2. The molecule has 2 nitrogen and oxygen atoms in total. The van der Waals surface area contributed by atoms with Crippen LogP contribution in [0.4, 0.5) is 0 Å². The van der Waals surface area contributed by atoms with Gasteiger partial charge in [0.15, 0.2) is 5.78 Å². The van der Waals surface area contributed by atoms with E-state index < -0.39 is 10.4 Å². The van der Waals surface area contributed by atoms with Crippen molar-refractivity contribution in [2.45, 2.75) is 30.7 Å². The Labute approximate surface area is 112 Å². The number of hydrogen-bond donors (Lipinski definition) is 1. The van der Waals surface area contributed by atoms with Crippen molar-refractivity contribution < 1.29 is 9.90 Å². The molecule has 0 fully saturated rings. The van der Waals surface area contributed by atoms with Gasteiger partial charge in [0, 0.05) is 5.88 Å². The molecule has 0 aromatic rings. The van der Waals surface area contributed by atoms with Crippen LogP contribution in [0.3, 0.4) is 0 Å². The Morgan fingerprint density at radius 1 is 1.67 bits per heavy atom. The molecule has 0 aliphatic heterocycles. The molecule has 0 saturated carbocycles. The number of alkyl halides is 3. The van der Waals surface area contributed by atoms with E-state index in [4.69, 9.17) is 11.6 Å². The third kappa shape index (κ3) is 5.48. The smallest absolute Gasteiger partial charge is 0.168 e. The van der Waals surface area contributed by atoms with Gasteiger partial charge in [0.1, 0.15) is 0 Å². The average molecular weight is 362 g/mol. The highest BCUT2D eigenvalue weighted by atomic mass is 79.9. The van der Waals surface area contributed by atoms with Crippen molar-refractivity contribution in [3.63, 3.8) is 0 Å². The summed E-state index contributed by atoms with van der Waals surface area (Å²) < 4.78 is -0.511. The fourth-order valence-electron chi connectivity index (χ4n) is 0.842. The number of allylic oxidation sites excluding steroid dienone is 1. The molecule has 0 heterocycles. The number of rotatable bonds is 6. The number of Topliss-reactive ketones (excluding diaryl/α,β-unsaturated/α-hetero) is 1. The molecule has 2 atom stereocenters. The number of ketones is 1. The van der Waals surface area contributed by atoms with E-state index in [2.05, 4.69) is 31.9 Å². The van der Waals surface area contributed by atoms with Crippen LogP contribution < -0.4 is 0 Å². The molecule has 88 valence electrons. The number of aliphatic hydroxyl groups excluding tert-OH is 1. The molecule has 0 amide bonds. The molecule has 0 spiro atoms. The van der Waals surface area contributed by atoms with Crippen molar-refractivity contribution in [2.75, 3.05) is 11.2 Å². The molecule has 0 rings (SSSR count). The van der Waals surface area contributed by atoms with Crippen LogP contribution in [0, 0.1) is 0 Å². The van der Waals surface area contributed by atoms with Crippen LogP contribution in [-0.2, 0) is 4.79 Å². The number of halogens is 3. The number of carbonyl (C=O) groups is 1. The normalized spacial score (nSPS) is 18.4. The van der Waals surface area contributed by atoms with Gasteiger partial charge in [-0.25, -0.2) is 0 Å². The maximum Gasteiger partial charge on any atom is 0.168 e. The summed E-state index contributed by atoms with van der Waals surface area (Å²) in [5.41, 5.74) is 0.656. The Morgan fingerprint density at radius 3 is 2.60 bits per heavy atom. The van der Waals surface area contributed by atoms with Gasteiger partial charge in [-0.15, -0.1) is 11.6 Å². The lowest BCUT2D eigenvalue weighted by atomic mass is 10.0. The van der Waals surface area contributed by atoms with Gasteiger partial charge in [-0.3, -0.25) is 4.79 Å². The summed E-state index contributed by atoms with van der Waals surface area (Å²) in [6, 6.07) is 0. The van der Waals surface area contributed by atoms with Crippen LogP contribution in [0.25, 0.3) is 0 Å². The van der Waals surface area contributed by atoms with Crippen molar-refractivity contribution in [3.05, 3.63) is 11.6 Å². The molecule has 1 unspecified atom stereocenters. The fraction of sp³-hybridized carbons (Fsp3) is 0.700. The highest BCUT2D eigenvalue weighted by molar-refractivity contribution is 9.10. The monoisotopic (exact) mass is 360 g/mol. The summed E-state index contributed by atoms with van der Waals surface area (Å²) in [7, 11) is 0. The standard InChI is InChI=1S/C10H15Br2ClO2/c1-7(8(14)5-11)3-4-9(15)10(2,12)6-13/h3,9,15H,4-6H2,1-2H3/b7-3+/t9-,10?/m1/s1. The lowest BCUT2D eigenvalue weighted by molar-refractivity contribution is -0.113. The van der Waals surface area contributed by atoms with Gasteiger partial charge in [-0.2, -0.15) is 0 Å². The Balaban J connectivity index is 4.32. The van der Waals surface area contributed by atoms with Crippen LogP contribution in [0.5, 0.6) is 0 Å². The first-order valence-corrected chi connectivity index (χ1v) is 6.99. The highest BCUT2D eigenvalue weighted by Crippen LogP contribution is 2.26. The first-order chi connectivity index (χ1) is 6.85. The Hall–Kier alpha value is 0.620. The van der Waals surface area contributed by atoms with Crippen molar-refractivity contribution in [1.29, 1.82) is 0 Å². The first-order valence-electron chi connectivity index (χ1n) is 4.54. The van der Waals surface area contributed by atoms with Gasteiger partial charge in [0.25, 0.3) is 0 Å². The van der Waals surface area contributed by atoms with E-state index >= 15 is 0 Å². The van der Waals surface area contributed by atoms with Crippen molar-refractivity contribution >= 4 is 49.2 Å². The largest absolute Gasteiger partial charge is 0.391 e. The van der Waals surface area contributed by atoms with E-state index in [9.17, 15) is 9.90 Å². The minimum Gasteiger partial charge on any atom is -0.391 e. The summed E-state index contributed by atoms with van der Waals surface area (Å²) in [5.74, 6) is 0.345. The minimum atomic E-state index is -0.604. The molecule has 0 aromatic carbocycles. The molecule has 0 aliphatic carbocycles. The van der Waals surface area contributed by atoms with Gasteiger partial charge in [0.05, 0.1) is 15.8 Å². The number of hydrogen-bond acceptors (Lipinski definition) is 2. The summed E-state index contributed by atoms with van der Waals surface area (Å²) in [6.07, 6.45) is 1.55. The molecule has 0 bridgehead atoms. The van der Waals surface area contributed by atoms with Crippen LogP contribution in [-0.4, -0.2) is 32.5 Å². The second-order valence-electron chi connectivity index (χ2n) is 3.61. The number of aliphatic hydroxyl groups is 1. The second kappa shape index (κ2) is 7.05. The molecule has 0 aliphatic rings. The van der Waals surface area contributed by atoms with E-state index in [1.165, 1.54) is 0 Å². The van der Waals surface area contributed by atoms with Crippen molar-refractivity contribution in [2.24, 2.45) is 0 Å². The van der Waals surface area contributed by atoms with Gasteiger partial charge in [-0.05, 0) is 25.8 Å². The van der Waals surface area contributed by atoms with Crippen molar-refractivity contribution in [1.82, 2.24) is 0 Å². The molecule has 0 saturated heterocycles. The third-order valence-electron chi connectivity index (χ3n) is 2.16. The van der Waals surface area contributed by atoms with Crippen LogP contribution >= 0.6 is 43.5 Å². The molecule has 1 N–H and O–H groups in total. The summed E-state index contributed by atoms with van der Waals surface area (Å²) in [4.78, 5) is 11.2. The van der Waals surface area contributed by atoms with Gasteiger partial charge in [-0.1, -0.05) is 37.9 Å². The molecule has 5 heteroatoms. The SMILES string of the molecule is C/C(=C\C[C@@H](O)C(C)(Br)CCl)C(=O)CBr. The van der Waals surface area contributed by atoms with E-state index in [1.54, 1.807) is 13.0 Å². The van der Waals surface area contributed by atoms with E-state index in [1.807, 2.05) is 6.92 Å². The lowest BCUT2D eigenvalue weighted by Crippen LogP contribution is -2.34. The third-order valence-corrected chi connectivity index (χ3v) is 4.36. The fourth-order valence-corrected chi connectivity index (χ4v) is 1.65. The highest BCUT2D eigenvalue weighted by Gasteiger charge is 2.28. The van der Waals surface area contributed by atoms with Gasteiger partial charge in [0.2, 0.25) is 0 Å². The van der Waals surface area contributed by atoms with Gasteiger partial charge >= 0.3 is 0 Å². The summed E-state index contributed by atoms with van der Waals surface area (Å²) in [6.45, 7) is 3.56. The topological polar surface area (TPSA) is 37.3 Å². The zero-order valence-corrected chi connectivity index (χ0v) is 12.7. The first kappa shape index (κ1) is 15.6. The number of carbonyl (C=O) groups excluding carboxylic acids is 1. The molecular weight excluding hydrogens is 347 g/mol. The predicted octanol–water partition coefficient (Wildman–Crippen LogP) is 3.04. The Morgan fingerprint density at radius 2 is 2.20 bits per heavy atom.